The number of benzene rings is 4. The Morgan fingerprint density at radius 1 is 0.354 bits per heavy atom. The van der Waals surface area contributed by atoms with E-state index in [1.54, 1.807) is 0 Å². The van der Waals surface area contributed by atoms with E-state index in [0.29, 0.717) is 108 Å². The third-order valence-electron chi connectivity index (χ3n) is 10.5. The fourth-order valence-corrected chi connectivity index (χ4v) is 7.30. The van der Waals surface area contributed by atoms with E-state index < -0.39 is 0 Å². The molecular formula is C52H40N8O4Zn. The van der Waals surface area contributed by atoms with E-state index in [0.717, 1.165) is 55.1 Å². The first-order chi connectivity index (χ1) is 31.5. The van der Waals surface area contributed by atoms with Gasteiger partial charge in [0.1, 0.15) is 0 Å². The van der Waals surface area contributed by atoms with Gasteiger partial charge in [0, 0.05) is 119 Å². The van der Waals surface area contributed by atoms with Crippen molar-refractivity contribution in [3.05, 3.63) is 95.1 Å². The van der Waals surface area contributed by atoms with E-state index in [2.05, 4.69) is 47.4 Å². The summed E-state index contributed by atoms with van der Waals surface area (Å²) >= 11 is 0. The molecule has 0 saturated carbocycles. The van der Waals surface area contributed by atoms with Crippen molar-refractivity contribution in [1.29, 1.82) is 0 Å². The van der Waals surface area contributed by atoms with Gasteiger partial charge >= 0.3 is 19.5 Å². The number of hydrogen-bond acceptors (Lipinski definition) is 10. The zero-order valence-electron chi connectivity index (χ0n) is 35.5. The summed E-state index contributed by atoms with van der Waals surface area (Å²) in [7, 11) is 0. The molecule has 0 radical (unpaired) electrons. The number of unbranched alkanes of at least 4 members (excludes halogenated alkanes) is 4. The predicted octanol–water partition coefficient (Wildman–Crippen LogP) is 6.62. The van der Waals surface area contributed by atoms with Gasteiger partial charge in [-0.25, -0.2) is 9.97 Å². The molecule has 0 spiro atoms. The zero-order chi connectivity index (χ0) is 43.8. The normalized spacial score (nSPS) is 10.9. The number of aromatic nitrogens is 8. The molecule has 0 saturated heterocycles. The van der Waals surface area contributed by atoms with Crippen molar-refractivity contribution in [3.8, 4) is 92.9 Å². The van der Waals surface area contributed by atoms with Gasteiger partial charge in [0.2, 0.25) is 0 Å². The molecule has 7 aromatic rings. The van der Waals surface area contributed by atoms with Crippen LogP contribution in [0.1, 0.15) is 73.6 Å². The van der Waals surface area contributed by atoms with E-state index in [9.17, 15) is 20.4 Å². The molecule has 13 heteroatoms. The largest absolute Gasteiger partial charge is 2.00 e. The first-order valence-electron chi connectivity index (χ1n) is 21.2. The molecule has 5 heterocycles. The van der Waals surface area contributed by atoms with Crippen LogP contribution in [0, 0.1) is 47.4 Å². The molecule has 2 aliphatic rings. The molecule has 12 nitrogen and oxygen atoms in total. The summed E-state index contributed by atoms with van der Waals surface area (Å²) in [5, 5.41) is 40.1. The van der Waals surface area contributed by atoms with Crippen LogP contribution in [0.5, 0.6) is 0 Å². The molecule has 4 aromatic carbocycles. The van der Waals surface area contributed by atoms with Crippen LogP contribution in [0.4, 0.5) is 0 Å². The van der Waals surface area contributed by atoms with Crippen molar-refractivity contribution in [2.24, 2.45) is 0 Å². The summed E-state index contributed by atoms with van der Waals surface area (Å²) in [5.74, 6) is 27.0. The molecule has 4 N–H and O–H groups in total. The van der Waals surface area contributed by atoms with E-state index in [-0.39, 0.29) is 45.9 Å². The summed E-state index contributed by atoms with van der Waals surface area (Å²) in [5.41, 5.74) is 7.53. The van der Waals surface area contributed by atoms with Gasteiger partial charge in [-0.2, -0.15) is 0 Å². The second-order valence-electron chi connectivity index (χ2n) is 15.0. The van der Waals surface area contributed by atoms with Crippen molar-refractivity contribution >= 4 is 44.1 Å². The summed E-state index contributed by atoms with van der Waals surface area (Å²) in [6.45, 7) is 0.275. The van der Waals surface area contributed by atoms with E-state index in [1.807, 2.05) is 72.8 Å². The number of hydrogen-bond donors (Lipinski definition) is 4. The molecule has 0 atom stereocenters. The molecule has 0 aliphatic carbocycles. The van der Waals surface area contributed by atoms with Crippen LogP contribution in [-0.2, 0) is 19.5 Å². The van der Waals surface area contributed by atoms with E-state index >= 15 is 0 Å². The maximum Gasteiger partial charge on any atom is 2.00 e. The SMILES string of the molecule is OCCCC#Cc1ccc2c(c1)-c1nc-2nc2[n-]c(nc3nc(nc4[n-]c(n1)c1ccc(C#CCCCO)cc41)-c1cc(C#CCCCO)ccc1-3)c1cc(C#CCCCO)ccc21.[Zn+2]. The number of fused-ring (bicyclic) bond motifs is 20. The Morgan fingerprint density at radius 2 is 0.662 bits per heavy atom. The van der Waals surface area contributed by atoms with Crippen LogP contribution in [0.15, 0.2) is 72.8 Å². The van der Waals surface area contributed by atoms with Gasteiger partial charge in [-0.3, -0.25) is 0 Å². The minimum absolute atomic E-state index is 0. The Kier molecular flexibility index (Phi) is 14.1. The van der Waals surface area contributed by atoms with Crippen molar-refractivity contribution in [3.63, 3.8) is 0 Å². The van der Waals surface area contributed by atoms with Crippen molar-refractivity contribution in [2.75, 3.05) is 26.4 Å². The van der Waals surface area contributed by atoms with E-state index in [1.165, 1.54) is 0 Å². The molecule has 9 rings (SSSR count). The first kappa shape index (κ1) is 44.5. The average Bonchev–Trinajstić information content (AvgIpc) is 4.04. The smallest absolute Gasteiger partial charge is 0.396 e. The van der Waals surface area contributed by atoms with Gasteiger partial charge in [0.25, 0.3) is 0 Å². The quantitative estimate of drug-likeness (QED) is 0.0727. The van der Waals surface area contributed by atoms with Gasteiger partial charge in [0.15, 0.2) is 0 Å². The molecule has 0 unspecified atom stereocenters. The molecule has 3 aromatic heterocycles. The minimum Gasteiger partial charge on any atom is -0.396 e. The molecular weight excluding hydrogens is 866 g/mol. The Bertz CT molecular complexity index is 3400. The summed E-state index contributed by atoms with van der Waals surface area (Å²) in [6.07, 6.45) is 4.55. The molecule has 0 fully saturated rings. The Labute approximate surface area is 387 Å². The van der Waals surface area contributed by atoms with Gasteiger partial charge in [-0.05, 0) is 95.8 Å². The van der Waals surface area contributed by atoms with Gasteiger partial charge in [-0.15, -0.1) is 0 Å². The summed E-state index contributed by atoms with van der Waals surface area (Å²) < 4.78 is 0. The number of aliphatic hydroxyl groups is 4. The summed E-state index contributed by atoms with van der Waals surface area (Å²) in [6, 6.07) is 23.2. The topological polar surface area (TPSA) is 186 Å². The monoisotopic (exact) mass is 904 g/mol. The number of nitrogens with zero attached hydrogens (tertiary/aromatic N) is 8. The van der Waals surface area contributed by atoms with Crippen molar-refractivity contribution in [2.45, 2.75) is 51.4 Å². The van der Waals surface area contributed by atoms with Crippen LogP contribution in [0.2, 0.25) is 0 Å². The van der Waals surface area contributed by atoms with Crippen LogP contribution in [0.3, 0.4) is 0 Å². The number of aliphatic hydroxyl groups excluding tert-OH is 4. The van der Waals surface area contributed by atoms with Crippen LogP contribution < -0.4 is 9.97 Å². The standard InChI is InChI=1S/C52H40N8O4.Zn/c61-25-9-1-5-13-33-17-21-37-41(29-33)49-54-45(37)53-46-38-22-18-34(14-6-2-10-26-62)30-42(38)50(55-46)57-48-40-24-20-36(16-8-4-12-28-64)32-44(40)52(59-48)60-51-43-31-35(15-7-3-11-27-63)19-23-39(43)47(56-49)58-51;/h17-24,29-32,61-64H,1-4,9-12,25-28H2;/q-2;+2. The van der Waals surface area contributed by atoms with Gasteiger partial charge in [0.05, 0.1) is 23.3 Å². The molecule has 65 heavy (non-hydrogen) atoms. The van der Waals surface area contributed by atoms with Crippen LogP contribution >= 0.6 is 0 Å². The Hall–Kier alpha value is -7.06. The molecule has 8 bridgehead atoms. The van der Waals surface area contributed by atoms with E-state index in [4.69, 9.17) is 39.9 Å². The van der Waals surface area contributed by atoms with Crippen molar-refractivity contribution in [1.82, 2.24) is 39.9 Å². The van der Waals surface area contributed by atoms with Crippen LogP contribution in [0.25, 0.3) is 89.7 Å². The summed E-state index contributed by atoms with van der Waals surface area (Å²) in [4.78, 5) is 40.6. The minimum atomic E-state index is 0. The molecule has 2 aliphatic heterocycles. The van der Waals surface area contributed by atoms with Gasteiger partial charge in [-0.1, -0.05) is 71.6 Å². The first-order valence-corrected chi connectivity index (χ1v) is 21.2. The second kappa shape index (κ2) is 20.6. The molecule has 0 amide bonds. The number of rotatable bonds is 8. The Balaban J connectivity index is 0.00000576. The third kappa shape index (κ3) is 9.73. The molecule has 314 valence electrons. The fraction of sp³-hybridized carbons (Fsp3) is 0.231. The van der Waals surface area contributed by atoms with Crippen molar-refractivity contribution < 1.29 is 39.9 Å². The maximum absolute atomic E-state index is 9.31. The maximum atomic E-state index is 9.31. The zero-order valence-corrected chi connectivity index (χ0v) is 38.5. The average molecular weight is 906 g/mol. The van der Waals surface area contributed by atoms with Crippen LogP contribution in [-0.4, -0.2) is 76.8 Å². The fourth-order valence-electron chi connectivity index (χ4n) is 7.30. The Morgan fingerprint density at radius 3 is 1.02 bits per heavy atom. The third-order valence-corrected chi connectivity index (χ3v) is 10.5. The predicted molar refractivity (Wildman–Crippen MR) is 247 cm³/mol. The van der Waals surface area contributed by atoms with Gasteiger partial charge < -0.3 is 50.3 Å². The second-order valence-corrected chi connectivity index (χ2v) is 15.0.